The summed E-state index contributed by atoms with van der Waals surface area (Å²) in [4.78, 5) is 41.3. The molecule has 7 nitrogen and oxygen atoms in total. The van der Waals surface area contributed by atoms with E-state index in [0.29, 0.717) is 0 Å². The molecule has 3 aromatic carbocycles. The number of hydrogen-bond donors (Lipinski definition) is 1. The van der Waals surface area contributed by atoms with Gasteiger partial charge in [-0.15, -0.1) is 0 Å². The Morgan fingerprint density at radius 3 is 2.41 bits per heavy atom. The van der Waals surface area contributed by atoms with Crippen molar-refractivity contribution in [2.75, 3.05) is 27.7 Å². The number of benzene rings is 3. The number of amides is 1. The first kappa shape index (κ1) is 28.4. The lowest BCUT2D eigenvalue weighted by atomic mass is 9.89. The van der Waals surface area contributed by atoms with E-state index >= 15 is 0 Å². The maximum absolute atomic E-state index is 14.1. The molecule has 212 valence electrons. The largest absolute Gasteiger partial charge is 0.480 e. The fourth-order valence-electron chi connectivity index (χ4n) is 5.19. The Balaban J connectivity index is 1.93. The van der Waals surface area contributed by atoms with Gasteiger partial charge in [0, 0.05) is 26.2 Å². The monoisotopic (exact) mass is 581 g/mol. The number of aliphatic carboxylic acids is 1. The first-order valence-electron chi connectivity index (χ1n) is 12.7. The average Bonchev–Trinajstić information content (AvgIpc) is 2.92. The second-order valence-corrected chi connectivity index (χ2v) is 11.3. The van der Waals surface area contributed by atoms with Gasteiger partial charge in [-0.3, -0.25) is 14.2 Å². The number of rotatable bonds is 5. The zero-order valence-corrected chi connectivity index (χ0v) is 23.2. The van der Waals surface area contributed by atoms with Crippen LogP contribution in [0.15, 0.2) is 76.6 Å². The van der Waals surface area contributed by atoms with Gasteiger partial charge in [0.25, 0.3) is 11.5 Å². The number of carboxylic acid groups (broad SMARTS) is 1. The van der Waals surface area contributed by atoms with Crippen molar-refractivity contribution in [2.45, 2.75) is 23.7 Å². The molecule has 4 aromatic rings. The van der Waals surface area contributed by atoms with Crippen LogP contribution >= 0.6 is 11.9 Å². The van der Waals surface area contributed by atoms with Gasteiger partial charge in [0.1, 0.15) is 16.6 Å². The highest BCUT2D eigenvalue weighted by molar-refractivity contribution is 7.97. The number of pyridine rings is 1. The van der Waals surface area contributed by atoms with E-state index in [4.69, 9.17) is 0 Å². The summed E-state index contributed by atoms with van der Waals surface area (Å²) in [6.45, 7) is -0.0484. The van der Waals surface area contributed by atoms with Crippen LogP contribution in [0.2, 0.25) is 0 Å². The van der Waals surface area contributed by atoms with E-state index in [9.17, 15) is 32.7 Å². The van der Waals surface area contributed by atoms with Crippen molar-refractivity contribution >= 4 is 34.6 Å². The summed E-state index contributed by atoms with van der Waals surface area (Å²) in [5.41, 5.74) is -0.621. The Morgan fingerprint density at radius 1 is 1.05 bits per heavy atom. The van der Waals surface area contributed by atoms with Gasteiger partial charge in [-0.25, -0.2) is 9.10 Å². The molecule has 5 rings (SSSR count). The van der Waals surface area contributed by atoms with Gasteiger partial charge in [0.05, 0.1) is 5.56 Å². The topological polar surface area (TPSA) is 82.8 Å². The summed E-state index contributed by atoms with van der Waals surface area (Å²) in [5.74, 6) is -1.96. The summed E-state index contributed by atoms with van der Waals surface area (Å²) in [7, 11) is 4.58. The Bertz CT molecular complexity index is 1740. The molecular weight excluding hydrogens is 555 g/mol. The summed E-state index contributed by atoms with van der Waals surface area (Å²) in [5, 5.41) is 12.0. The molecule has 1 amide bonds. The van der Waals surface area contributed by atoms with E-state index in [2.05, 4.69) is 0 Å². The zero-order valence-electron chi connectivity index (χ0n) is 22.4. The van der Waals surface area contributed by atoms with Crippen molar-refractivity contribution in [2.24, 2.45) is 0 Å². The highest BCUT2D eigenvalue weighted by Crippen LogP contribution is 2.43. The highest BCUT2D eigenvalue weighted by atomic mass is 32.2. The van der Waals surface area contributed by atoms with Gasteiger partial charge >= 0.3 is 12.1 Å². The third-order valence-corrected chi connectivity index (χ3v) is 8.12. The maximum Gasteiger partial charge on any atom is 0.416 e. The van der Waals surface area contributed by atoms with Crippen LogP contribution in [0.25, 0.3) is 21.9 Å². The molecule has 1 aliphatic heterocycles. The van der Waals surface area contributed by atoms with Crippen LogP contribution in [0.5, 0.6) is 0 Å². The first-order chi connectivity index (χ1) is 19.4. The van der Waals surface area contributed by atoms with Crippen molar-refractivity contribution in [1.82, 2.24) is 13.8 Å². The van der Waals surface area contributed by atoms with Crippen LogP contribution < -0.4 is 5.56 Å². The number of carbonyl (C=O) groups excluding carboxylic acids is 1. The smallest absolute Gasteiger partial charge is 0.416 e. The fraction of sp³-hybridized carbons (Fsp3) is 0.233. The number of carboxylic acids is 1. The van der Waals surface area contributed by atoms with Gasteiger partial charge in [0.2, 0.25) is 0 Å². The van der Waals surface area contributed by atoms with E-state index in [0.717, 1.165) is 45.0 Å². The Labute approximate surface area is 237 Å². The number of alkyl halides is 3. The van der Waals surface area contributed by atoms with Crippen molar-refractivity contribution in [1.29, 1.82) is 0 Å². The van der Waals surface area contributed by atoms with Crippen molar-refractivity contribution < 1.29 is 27.9 Å². The molecule has 0 radical (unpaired) electrons. The van der Waals surface area contributed by atoms with E-state index < -0.39 is 35.2 Å². The third-order valence-electron chi connectivity index (χ3n) is 7.08. The molecule has 1 unspecified atom stereocenters. The number of carbonyl (C=O) groups is 2. The van der Waals surface area contributed by atoms with Crippen LogP contribution in [-0.4, -0.2) is 58.4 Å². The van der Waals surface area contributed by atoms with Crippen LogP contribution in [0.1, 0.15) is 33.1 Å². The second-order valence-electron chi connectivity index (χ2n) is 10.1. The molecule has 11 heteroatoms. The molecule has 1 N–H and O–H groups in total. The average molecular weight is 582 g/mol. The minimum Gasteiger partial charge on any atom is -0.480 e. The molecule has 1 aliphatic rings. The van der Waals surface area contributed by atoms with Crippen LogP contribution in [0.3, 0.4) is 0 Å². The van der Waals surface area contributed by atoms with Crippen molar-refractivity contribution in [3.05, 3.63) is 99.3 Å². The number of fused-ring (bicyclic) bond motifs is 2. The lowest BCUT2D eigenvalue weighted by Crippen LogP contribution is -2.44. The second kappa shape index (κ2) is 10.7. The van der Waals surface area contributed by atoms with E-state index in [1.54, 1.807) is 11.4 Å². The molecule has 41 heavy (non-hydrogen) atoms. The minimum absolute atomic E-state index is 0.0484. The lowest BCUT2D eigenvalue weighted by molar-refractivity contribution is -0.141. The van der Waals surface area contributed by atoms with Gasteiger partial charge < -0.3 is 10.0 Å². The first-order valence-corrected chi connectivity index (χ1v) is 13.4. The molecule has 2 heterocycles. The number of halogens is 3. The normalized spacial score (nSPS) is 15.5. The minimum atomic E-state index is -4.65. The summed E-state index contributed by atoms with van der Waals surface area (Å²) in [6.07, 6.45) is -4.60. The van der Waals surface area contributed by atoms with Crippen LogP contribution in [0, 0.1) is 0 Å². The Kier molecular flexibility index (Phi) is 7.43. The van der Waals surface area contributed by atoms with Crippen LogP contribution in [0.4, 0.5) is 13.2 Å². The molecule has 0 fully saturated rings. The predicted octanol–water partition coefficient (Wildman–Crippen LogP) is 5.56. The number of likely N-dealkylation sites (N-methyl/N-ethyl adjacent to an activating group) is 1. The third kappa shape index (κ3) is 5.22. The molecule has 0 saturated heterocycles. The molecule has 0 saturated carbocycles. The molecule has 0 aliphatic carbocycles. The van der Waals surface area contributed by atoms with E-state index in [1.807, 2.05) is 42.5 Å². The number of nitrogens with zero attached hydrogens (tertiary/aromatic N) is 3. The van der Waals surface area contributed by atoms with Gasteiger partial charge in [-0.05, 0) is 65.0 Å². The quantitative estimate of drug-likeness (QED) is 0.311. The van der Waals surface area contributed by atoms with Gasteiger partial charge in [0.15, 0.2) is 0 Å². The standard InChI is InChI=1S/C30H26F3N3O4S/c1-34(2)26(37)25-22(15-18-10-6-9-17-8-4-5-13-21(17)18)24(19-11-7-12-20(14-19)30(31,32)33)28-36(27(25)38)23(29(39)40)16-35(3)41-28/h4-14,23H,15-16H2,1-3H3,(H,39,40). The number of hydrogen-bond acceptors (Lipinski definition) is 5. The maximum atomic E-state index is 14.1. The van der Waals surface area contributed by atoms with Gasteiger partial charge in [-0.1, -0.05) is 54.6 Å². The highest BCUT2D eigenvalue weighted by Gasteiger charge is 2.38. The molecule has 0 spiro atoms. The molecule has 1 aromatic heterocycles. The molecular formula is C30H26F3N3O4S. The molecule has 1 atom stereocenters. The van der Waals surface area contributed by atoms with Crippen molar-refractivity contribution in [3.8, 4) is 11.1 Å². The number of aromatic nitrogens is 1. The molecule has 0 bridgehead atoms. The summed E-state index contributed by atoms with van der Waals surface area (Å²) >= 11 is 1.07. The summed E-state index contributed by atoms with van der Waals surface area (Å²) < 4.78 is 44.2. The lowest BCUT2D eigenvalue weighted by Gasteiger charge is -2.34. The Hall–Kier alpha value is -4.09. The Morgan fingerprint density at radius 2 is 1.73 bits per heavy atom. The zero-order chi connectivity index (χ0) is 29.6. The van der Waals surface area contributed by atoms with Gasteiger partial charge in [-0.2, -0.15) is 13.2 Å². The predicted molar refractivity (Wildman–Crippen MR) is 151 cm³/mol. The van der Waals surface area contributed by atoms with E-state index in [-0.39, 0.29) is 40.2 Å². The SMILES string of the molecule is CN1CC(C(=O)O)n2c(c(-c3cccc(C(F)(F)F)c3)c(Cc3cccc4ccccc34)c(C(=O)N(C)C)c2=O)S1. The van der Waals surface area contributed by atoms with Crippen LogP contribution in [-0.2, 0) is 17.4 Å². The van der Waals surface area contributed by atoms with Crippen molar-refractivity contribution in [3.63, 3.8) is 0 Å². The fourth-order valence-corrected chi connectivity index (χ4v) is 6.34. The van der Waals surface area contributed by atoms with E-state index in [1.165, 1.54) is 31.1 Å². The summed E-state index contributed by atoms with van der Waals surface area (Å²) in [6, 6.07) is 16.5.